The van der Waals surface area contributed by atoms with Crippen LogP contribution in [0.5, 0.6) is 0 Å². The van der Waals surface area contributed by atoms with Gasteiger partial charge in [0, 0.05) is 18.4 Å². The van der Waals surface area contributed by atoms with E-state index in [1.165, 1.54) is 0 Å². The van der Waals surface area contributed by atoms with Crippen LogP contribution >= 0.6 is 0 Å². The minimum absolute atomic E-state index is 0.0555. The van der Waals surface area contributed by atoms with Crippen molar-refractivity contribution in [3.63, 3.8) is 0 Å². The third-order valence-corrected chi connectivity index (χ3v) is 2.52. The van der Waals surface area contributed by atoms with Crippen LogP contribution in [-0.4, -0.2) is 12.3 Å². The zero-order chi connectivity index (χ0) is 9.72. The number of carbonyl (C=O) groups excluding carboxylic acids is 1. The SMILES string of the molecule is CCC(C)C(=O)C(CN)C(C)C. The van der Waals surface area contributed by atoms with Crippen LogP contribution in [0, 0.1) is 17.8 Å². The lowest BCUT2D eigenvalue weighted by Gasteiger charge is -2.20. The molecule has 0 bridgehead atoms. The number of nitrogens with two attached hydrogens (primary N) is 1. The molecule has 2 unspecified atom stereocenters. The van der Waals surface area contributed by atoms with Crippen LogP contribution in [0.3, 0.4) is 0 Å². The molecule has 0 radical (unpaired) electrons. The highest BCUT2D eigenvalue weighted by molar-refractivity contribution is 5.83. The smallest absolute Gasteiger partial charge is 0.140 e. The maximum Gasteiger partial charge on any atom is 0.140 e. The summed E-state index contributed by atoms with van der Waals surface area (Å²) in [6, 6.07) is 0. The van der Waals surface area contributed by atoms with Crippen molar-refractivity contribution in [3.8, 4) is 0 Å². The Labute approximate surface area is 75.5 Å². The van der Waals surface area contributed by atoms with Gasteiger partial charge in [-0.25, -0.2) is 0 Å². The molecule has 0 saturated heterocycles. The predicted molar refractivity (Wildman–Crippen MR) is 51.8 cm³/mol. The zero-order valence-corrected chi connectivity index (χ0v) is 8.63. The maximum atomic E-state index is 11.7. The van der Waals surface area contributed by atoms with Crippen molar-refractivity contribution < 1.29 is 4.79 Å². The Bertz CT molecular complexity index is 143. The van der Waals surface area contributed by atoms with E-state index in [2.05, 4.69) is 13.8 Å². The molecule has 0 fully saturated rings. The van der Waals surface area contributed by atoms with Crippen molar-refractivity contribution in [2.75, 3.05) is 6.54 Å². The molecular formula is C10H21NO. The Morgan fingerprint density at radius 1 is 1.33 bits per heavy atom. The van der Waals surface area contributed by atoms with Crippen LogP contribution in [0.25, 0.3) is 0 Å². The highest BCUT2D eigenvalue weighted by atomic mass is 16.1. The monoisotopic (exact) mass is 171 g/mol. The fraction of sp³-hybridized carbons (Fsp3) is 0.900. The van der Waals surface area contributed by atoms with Crippen molar-refractivity contribution in [2.24, 2.45) is 23.5 Å². The van der Waals surface area contributed by atoms with Gasteiger partial charge in [0.2, 0.25) is 0 Å². The van der Waals surface area contributed by atoms with Crippen molar-refractivity contribution in [2.45, 2.75) is 34.1 Å². The van der Waals surface area contributed by atoms with Crippen molar-refractivity contribution in [3.05, 3.63) is 0 Å². The van der Waals surface area contributed by atoms with E-state index in [1.807, 2.05) is 13.8 Å². The third-order valence-electron chi connectivity index (χ3n) is 2.52. The van der Waals surface area contributed by atoms with Crippen molar-refractivity contribution >= 4 is 5.78 Å². The van der Waals surface area contributed by atoms with Crippen LogP contribution in [0.2, 0.25) is 0 Å². The largest absolute Gasteiger partial charge is 0.330 e. The molecular weight excluding hydrogens is 150 g/mol. The van der Waals surface area contributed by atoms with E-state index in [9.17, 15) is 4.79 Å². The molecule has 0 rings (SSSR count). The standard InChI is InChI=1S/C10H21NO/c1-5-8(4)10(12)9(6-11)7(2)3/h7-9H,5-6,11H2,1-4H3. The van der Waals surface area contributed by atoms with Gasteiger partial charge in [0.25, 0.3) is 0 Å². The second-order valence-electron chi connectivity index (χ2n) is 3.80. The molecule has 0 spiro atoms. The number of hydrogen-bond acceptors (Lipinski definition) is 2. The van der Waals surface area contributed by atoms with Gasteiger partial charge in [0.15, 0.2) is 0 Å². The molecule has 0 aliphatic heterocycles. The van der Waals surface area contributed by atoms with Crippen LogP contribution in [0.1, 0.15) is 34.1 Å². The lowest BCUT2D eigenvalue weighted by molar-refractivity contribution is -0.127. The van der Waals surface area contributed by atoms with E-state index in [0.29, 0.717) is 18.2 Å². The molecule has 72 valence electrons. The molecule has 0 saturated carbocycles. The maximum absolute atomic E-state index is 11.7. The first-order valence-corrected chi connectivity index (χ1v) is 4.78. The summed E-state index contributed by atoms with van der Waals surface area (Å²) in [5, 5.41) is 0. The fourth-order valence-electron chi connectivity index (χ4n) is 1.28. The van der Waals surface area contributed by atoms with Gasteiger partial charge in [-0.15, -0.1) is 0 Å². The van der Waals surface area contributed by atoms with Gasteiger partial charge >= 0.3 is 0 Å². The minimum Gasteiger partial charge on any atom is -0.330 e. The summed E-state index contributed by atoms with van der Waals surface area (Å²) < 4.78 is 0. The molecule has 0 aromatic rings. The summed E-state index contributed by atoms with van der Waals surface area (Å²) in [6.45, 7) is 8.61. The first kappa shape index (κ1) is 11.6. The van der Waals surface area contributed by atoms with Gasteiger partial charge in [-0.1, -0.05) is 27.7 Å². The first-order valence-electron chi connectivity index (χ1n) is 4.78. The molecule has 0 heterocycles. The molecule has 12 heavy (non-hydrogen) atoms. The quantitative estimate of drug-likeness (QED) is 0.685. The predicted octanol–water partition coefficient (Wildman–Crippen LogP) is 1.83. The van der Waals surface area contributed by atoms with Gasteiger partial charge in [0.05, 0.1) is 0 Å². The lowest BCUT2D eigenvalue weighted by atomic mass is 9.85. The fourth-order valence-corrected chi connectivity index (χ4v) is 1.28. The second kappa shape index (κ2) is 5.31. The first-order chi connectivity index (χ1) is 5.54. The van der Waals surface area contributed by atoms with Gasteiger partial charge in [0.1, 0.15) is 5.78 Å². The van der Waals surface area contributed by atoms with E-state index in [1.54, 1.807) is 0 Å². The zero-order valence-electron chi connectivity index (χ0n) is 8.63. The van der Waals surface area contributed by atoms with Crippen molar-refractivity contribution in [1.82, 2.24) is 0 Å². The summed E-state index contributed by atoms with van der Waals surface area (Å²) >= 11 is 0. The second-order valence-corrected chi connectivity index (χ2v) is 3.80. The van der Waals surface area contributed by atoms with Gasteiger partial charge in [-0.3, -0.25) is 4.79 Å². The molecule has 0 aliphatic rings. The topological polar surface area (TPSA) is 43.1 Å². The van der Waals surface area contributed by atoms with Crippen LogP contribution in [0.15, 0.2) is 0 Å². The van der Waals surface area contributed by atoms with E-state index >= 15 is 0 Å². The Kier molecular flexibility index (Phi) is 5.14. The average Bonchev–Trinajstić information content (AvgIpc) is 2.03. The van der Waals surface area contributed by atoms with Crippen LogP contribution < -0.4 is 5.73 Å². The van der Waals surface area contributed by atoms with Gasteiger partial charge in [-0.2, -0.15) is 0 Å². The van der Waals surface area contributed by atoms with Crippen LogP contribution in [-0.2, 0) is 4.79 Å². The minimum atomic E-state index is 0.0555. The number of ketones is 1. The summed E-state index contributed by atoms with van der Waals surface area (Å²) in [6.07, 6.45) is 0.919. The number of hydrogen-bond donors (Lipinski definition) is 1. The van der Waals surface area contributed by atoms with Gasteiger partial charge < -0.3 is 5.73 Å². The number of carbonyl (C=O) groups is 1. The van der Waals surface area contributed by atoms with E-state index in [4.69, 9.17) is 5.73 Å². The Morgan fingerprint density at radius 3 is 2.08 bits per heavy atom. The lowest BCUT2D eigenvalue weighted by Crippen LogP contribution is -2.32. The molecule has 2 atom stereocenters. The van der Waals surface area contributed by atoms with Crippen LogP contribution in [0.4, 0.5) is 0 Å². The van der Waals surface area contributed by atoms with Gasteiger partial charge in [-0.05, 0) is 12.3 Å². The summed E-state index contributed by atoms with van der Waals surface area (Å²) in [4.78, 5) is 11.7. The molecule has 0 aromatic carbocycles. The summed E-state index contributed by atoms with van der Waals surface area (Å²) in [5.74, 6) is 0.924. The Morgan fingerprint density at radius 2 is 1.83 bits per heavy atom. The molecule has 0 aromatic heterocycles. The average molecular weight is 171 g/mol. The molecule has 0 aliphatic carbocycles. The van der Waals surface area contributed by atoms with E-state index in [0.717, 1.165) is 6.42 Å². The summed E-state index contributed by atoms with van der Waals surface area (Å²) in [5.41, 5.74) is 5.55. The Hall–Kier alpha value is -0.370. The Balaban J connectivity index is 4.21. The highest BCUT2D eigenvalue weighted by Gasteiger charge is 2.23. The van der Waals surface area contributed by atoms with E-state index < -0.39 is 0 Å². The molecule has 2 N–H and O–H groups in total. The normalized spacial score (nSPS) is 16.2. The molecule has 2 nitrogen and oxygen atoms in total. The molecule has 2 heteroatoms. The number of rotatable bonds is 5. The van der Waals surface area contributed by atoms with E-state index in [-0.39, 0.29) is 11.8 Å². The summed E-state index contributed by atoms with van der Waals surface area (Å²) in [7, 11) is 0. The molecule has 0 amide bonds. The number of Topliss-reactive ketones (excluding diaryl/α,β-unsaturated/α-hetero) is 1. The van der Waals surface area contributed by atoms with Crippen molar-refractivity contribution in [1.29, 1.82) is 0 Å². The highest BCUT2D eigenvalue weighted by Crippen LogP contribution is 2.17. The third kappa shape index (κ3) is 2.94.